The van der Waals surface area contributed by atoms with Gasteiger partial charge in [0.25, 0.3) is 0 Å². The first-order valence-corrected chi connectivity index (χ1v) is 10.2. The van der Waals surface area contributed by atoms with Crippen LogP contribution in [0.25, 0.3) is 0 Å². The standard InChI is InChI=1S/C21H31FN2O4/c1-3-26-13-14-27-17-7-12-28-21(15-17)8-10-24(11-9-21)20(25)23-19-6-4-5-18(22)16(19)2/h4-6,17H,3,7-15H2,1-2H3,(H,23,25). The number of hydrogen-bond acceptors (Lipinski definition) is 4. The lowest BCUT2D eigenvalue weighted by atomic mass is 9.83. The Kier molecular flexibility index (Phi) is 7.26. The number of hydrogen-bond donors (Lipinski definition) is 1. The van der Waals surface area contributed by atoms with E-state index in [1.54, 1.807) is 24.0 Å². The fourth-order valence-electron chi connectivity index (χ4n) is 3.95. The molecule has 2 saturated heterocycles. The monoisotopic (exact) mass is 394 g/mol. The number of halogens is 1. The van der Waals surface area contributed by atoms with Crippen LogP contribution in [0.15, 0.2) is 18.2 Å². The Morgan fingerprint density at radius 3 is 2.89 bits per heavy atom. The summed E-state index contributed by atoms with van der Waals surface area (Å²) in [5.41, 5.74) is 0.758. The average Bonchev–Trinajstić information content (AvgIpc) is 2.69. The zero-order valence-electron chi connectivity index (χ0n) is 16.8. The van der Waals surface area contributed by atoms with Gasteiger partial charge in [0, 0.05) is 44.0 Å². The molecule has 1 spiro atoms. The van der Waals surface area contributed by atoms with Gasteiger partial charge in [-0.15, -0.1) is 0 Å². The van der Waals surface area contributed by atoms with Gasteiger partial charge in [-0.1, -0.05) is 6.07 Å². The van der Waals surface area contributed by atoms with Crippen molar-refractivity contribution < 1.29 is 23.4 Å². The van der Waals surface area contributed by atoms with E-state index >= 15 is 0 Å². The third-order valence-electron chi connectivity index (χ3n) is 5.70. The van der Waals surface area contributed by atoms with Crippen molar-refractivity contribution in [2.24, 2.45) is 0 Å². The molecule has 2 aliphatic rings. The minimum absolute atomic E-state index is 0.185. The maximum atomic E-state index is 13.7. The molecule has 0 bridgehead atoms. The van der Waals surface area contributed by atoms with Crippen LogP contribution in [-0.4, -0.2) is 62.2 Å². The number of nitrogens with zero attached hydrogens (tertiary/aromatic N) is 1. The van der Waals surface area contributed by atoms with Gasteiger partial charge in [0.05, 0.1) is 24.9 Å². The first-order chi connectivity index (χ1) is 13.5. The van der Waals surface area contributed by atoms with Crippen molar-refractivity contribution in [3.8, 4) is 0 Å². The van der Waals surface area contributed by atoms with E-state index in [0.29, 0.717) is 50.8 Å². The van der Waals surface area contributed by atoms with E-state index < -0.39 is 0 Å². The summed E-state index contributed by atoms with van der Waals surface area (Å²) in [7, 11) is 0. The molecule has 1 atom stereocenters. The summed E-state index contributed by atoms with van der Waals surface area (Å²) in [5, 5.41) is 2.83. The van der Waals surface area contributed by atoms with Gasteiger partial charge in [0.1, 0.15) is 5.82 Å². The van der Waals surface area contributed by atoms with Crippen LogP contribution in [0.1, 0.15) is 38.2 Å². The lowest BCUT2D eigenvalue weighted by molar-refractivity contribution is -0.154. The second-order valence-corrected chi connectivity index (χ2v) is 7.54. The van der Waals surface area contributed by atoms with Crippen molar-refractivity contribution in [1.29, 1.82) is 0 Å². The molecular formula is C21H31FN2O4. The van der Waals surface area contributed by atoms with Crippen LogP contribution in [-0.2, 0) is 14.2 Å². The number of carbonyl (C=O) groups excluding carboxylic acids is 1. The van der Waals surface area contributed by atoms with E-state index in [4.69, 9.17) is 14.2 Å². The van der Waals surface area contributed by atoms with E-state index in [0.717, 1.165) is 25.7 Å². The van der Waals surface area contributed by atoms with Crippen LogP contribution in [0.3, 0.4) is 0 Å². The topological polar surface area (TPSA) is 60.0 Å². The van der Waals surface area contributed by atoms with E-state index in [1.165, 1.54) is 6.07 Å². The Hall–Kier alpha value is -1.70. The first-order valence-electron chi connectivity index (χ1n) is 10.2. The summed E-state index contributed by atoms with van der Waals surface area (Å²) in [6.45, 7) is 7.49. The second-order valence-electron chi connectivity index (χ2n) is 7.54. The number of likely N-dealkylation sites (tertiary alicyclic amines) is 1. The number of anilines is 1. The predicted octanol–water partition coefficient (Wildman–Crippen LogP) is 3.73. The average molecular weight is 394 g/mol. The number of benzene rings is 1. The summed E-state index contributed by atoms with van der Waals surface area (Å²) in [4.78, 5) is 14.4. The fourth-order valence-corrected chi connectivity index (χ4v) is 3.95. The van der Waals surface area contributed by atoms with Gasteiger partial charge in [0.2, 0.25) is 0 Å². The lowest BCUT2D eigenvalue weighted by Gasteiger charge is -2.46. The highest BCUT2D eigenvalue weighted by Crippen LogP contribution is 2.36. The van der Waals surface area contributed by atoms with E-state index in [1.807, 2.05) is 6.92 Å². The minimum Gasteiger partial charge on any atom is -0.379 e. The van der Waals surface area contributed by atoms with Crippen molar-refractivity contribution in [2.75, 3.05) is 44.8 Å². The largest absolute Gasteiger partial charge is 0.379 e. The molecule has 2 heterocycles. The van der Waals surface area contributed by atoms with Crippen molar-refractivity contribution in [1.82, 2.24) is 4.90 Å². The zero-order valence-corrected chi connectivity index (χ0v) is 16.8. The van der Waals surface area contributed by atoms with Gasteiger partial charge in [0.15, 0.2) is 0 Å². The van der Waals surface area contributed by atoms with Crippen LogP contribution in [0.5, 0.6) is 0 Å². The highest BCUT2D eigenvalue weighted by atomic mass is 19.1. The number of rotatable bonds is 6. The van der Waals surface area contributed by atoms with E-state index in [-0.39, 0.29) is 23.6 Å². The summed E-state index contributed by atoms with van der Waals surface area (Å²) in [6, 6.07) is 4.52. The molecule has 28 heavy (non-hydrogen) atoms. The first kappa shape index (κ1) is 21.0. The van der Waals surface area contributed by atoms with Crippen LogP contribution in [0.2, 0.25) is 0 Å². The predicted molar refractivity (Wildman–Crippen MR) is 105 cm³/mol. The van der Waals surface area contributed by atoms with Crippen LogP contribution in [0, 0.1) is 12.7 Å². The quantitative estimate of drug-likeness (QED) is 0.747. The molecule has 3 rings (SSSR count). The molecule has 2 aliphatic heterocycles. The summed E-state index contributed by atoms with van der Waals surface area (Å²) in [6.07, 6.45) is 3.51. The van der Waals surface area contributed by atoms with Gasteiger partial charge in [-0.25, -0.2) is 9.18 Å². The normalized spacial score (nSPS) is 21.7. The molecule has 156 valence electrons. The molecule has 0 saturated carbocycles. The Balaban J connectivity index is 1.49. The summed E-state index contributed by atoms with van der Waals surface area (Å²) >= 11 is 0. The Morgan fingerprint density at radius 1 is 1.36 bits per heavy atom. The van der Waals surface area contributed by atoms with Gasteiger partial charge >= 0.3 is 6.03 Å². The summed E-state index contributed by atoms with van der Waals surface area (Å²) < 4.78 is 31.1. The highest BCUT2D eigenvalue weighted by Gasteiger charge is 2.41. The molecule has 0 aliphatic carbocycles. The molecule has 0 aromatic heterocycles. The number of nitrogens with one attached hydrogen (secondary N) is 1. The molecule has 1 aromatic carbocycles. The SMILES string of the molecule is CCOCCOC1CCOC2(CCN(C(=O)Nc3cccc(F)c3C)CC2)C1. The van der Waals surface area contributed by atoms with Crippen molar-refractivity contribution in [3.05, 3.63) is 29.6 Å². The fraction of sp³-hybridized carbons (Fsp3) is 0.667. The Morgan fingerprint density at radius 2 is 2.14 bits per heavy atom. The van der Waals surface area contributed by atoms with Crippen molar-refractivity contribution >= 4 is 11.7 Å². The Bertz CT molecular complexity index is 662. The molecule has 2 fully saturated rings. The minimum atomic E-state index is -0.318. The smallest absolute Gasteiger partial charge is 0.321 e. The molecular weight excluding hydrogens is 363 g/mol. The lowest BCUT2D eigenvalue weighted by Crippen LogP contribution is -2.52. The third-order valence-corrected chi connectivity index (χ3v) is 5.70. The highest BCUT2D eigenvalue weighted by molar-refractivity contribution is 5.90. The van der Waals surface area contributed by atoms with Crippen LogP contribution >= 0.6 is 0 Å². The van der Waals surface area contributed by atoms with Gasteiger partial charge < -0.3 is 24.4 Å². The molecule has 1 unspecified atom stereocenters. The van der Waals surface area contributed by atoms with Gasteiger partial charge in [-0.2, -0.15) is 0 Å². The number of urea groups is 1. The van der Waals surface area contributed by atoms with E-state index in [9.17, 15) is 9.18 Å². The number of carbonyl (C=O) groups is 1. The molecule has 7 heteroatoms. The molecule has 6 nitrogen and oxygen atoms in total. The van der Waals surface area contributed by atoms with Crippen molar-refractivity contribution in [2.45, 2.75) is 51.2 Å². The number of ether oxygens (including phenoxy) is 3. The van der Waals surface area contributed by atoms with Crippen molar-refractivity contribution in [3.63, 3.8) is 0 Å². The van der Waals surface area contributed by atoms with Crippen LogP contribution < -0.4 is 5.32 Å². The maximum absolute atomic E-state index is 13.7. The molecule has 2 amide bonds. The number of piperidine rings is 1. The maximum Gasteiger partial charge on any atom is 0.321 e. The van der Waals surface area contributed by atoms with E-state index in [2.05, 4.69) is 5.32 Å². The molecule has 1 N–H and O–H groups in total. The Labute approximate surface area is 166 Å². The number of amides is 2. The van der Waals surface area contributed by atoms with Crippen LogP contribution in [0.4, 0.5) is 14.9 Å². The second kappa shape index (κ2) is 9.67. The molecule has 0 radical (unpaired) electrons. The zero-order chi connectivity index (χ0) is 20.0. The molecule has 1 aromatic rings. The third kappa shape index (κ3) is 5.21. The summed E-state index contributed by atoms with van der Waals surface area (Å²) in [5.74, 6) is -0.318. The van der Waals surface area contributed by atoms with Gasteiger partial charge in [-0.3, -0.25) is 0 Å². The van der Waals surface area contributed by atoms with Gasteiger partial charge in [-0.05, 0) is 45.2 Å².